The third kappa shape index (κ3) is 3.58. The fraction of sp³-hybridized carbons (Fsp3) is 0.143. The van der Waals surface area contributed by atoms with Gasteiger partial charge in [-0.1, -0.05) is 90.0 Å². The van der Waals surface area contributed by atoms with E-state index in [9.17, 15) is 0 Å². The molecule has 22 heavy (non-hydrogen) atoms. The third-order valence-corrected chi connectivity index (χ3v) is 4.33. The van der Waals surface area contributed by atoms with E-state index < -0.39 is 0 Å². The second-order valence-corrected chi connectivity index (χ2v) is 6.10. The van der Waals surface area contributed by atoms with E-state index in [0.29, 0.717) is 0 Å². The minimum absolute atomic E-state index is 0.878. The lowest BCUT2D eigenvalue weighted by Gasteiger charge is -2.12. The fourth-order valence-electron chi connectivity index (χ4n) is 2.81. The number of hydrogen-bond acceptors (Lipinski definition) is 0. The van der Waals surface area contributed by atoms with Gasteiger partial charge in [0.25, 0.3) is 0 Å². The zero-order valence-corrected chi connectivity index (χ0v) is 13.5. The lowest BCUT2D eigenvalue weighted by atomic mass is 9.96. The van der Waals surface area contributed by atoms with Crippen molar-refractivity contribution >= 4 is 11.6 Å². The molecule has 0 amide bonds. The van der Waals surface area contributed by atoms with Crippen molar-refractivity contribution in [2.75, 3.05) is 0 Å². The Labute approximate surface area is 137 Å². The normalized spacial score (nSPS) is 10.6. The summed E-state index contributed by atoms with van der Waals surface area (Å²) in [5.41, 5.74) is 6.26. The van der Waals surface area contributed by atoms with Crippen molar-refractivity contribution in [3.05, 3.63) is 106 Å². The van der Waals surface area contributed by atoms with Crippen molar-refractivity contribution in [3.8, 4) is 0 Å². The molecule has 0 spiro atoms. The molecule has 1 heteroatoms. The van der Waals surface area contributed by atoms with Gasteiger partial charge in [0, 0.05) is 5.02 Å². The molecule has 0 aliphatic carbocycles. The fourth-order valence-corrected chi connectivity index (χ4v) is 3.06. The molecule has 3 aromatic carbocycles. The van der Waals surface area contributed by atoms with Crippen molar-refractivity contribution in [2.24, 2.45) is 0 Å². The van der Waals surface area contributed by atoms with Crippen molar-refractivity contribution in [1.29, 1.82) is 0 Å². The van der Waals surface area contributed by atoms with E-state index in [-0.39, 0.29) is 0 Å². The smallest absolute Gasteiger partial charge is 0.0476 e. The molecule has 0 radical (unpaired) electrons. The van der Waals surface area contributed by atoms with Crippen molar-refractivity contribution in [2.45, 2.75) is 19.8 Å². The monoisotopic (exact) mass is 306 g/mol. The first kappa shape index (κ1) is 14.9. The summed E-state index contributed by atoms with van der Waals surface area (Å²) in [6.45, 7) is 2.14. The van der Waals surface area contributed by atoms with Crippen LogP contribution in [-0.2, 0) is 12.8 Å². The van der Waals surface area contributed by atoms with E-state index in [2.05, 4.69) is 67.6 Å². The third-order valence-electron chi connectivity index (χ3n) is 3.84. The summed E-state index contributed by atoms with van der Waals surface area (Å²) in [6, 6.07) is 25.4. The zero-order valence-electron chi connectivity index (χ0n) is 12.7. The molecule has 0 heterocycles. The summed E-state index contributed by atoms with van der Waals surface area (Å²) >= 11 is 6.68. The second-order valence-electron chi connectivity index (χ2n) is 5.72. The van der Waals surface area contributed by atoms with E-state index in [1.54, 1.807) is 0 Å². The summed E-state index contributed by atoms with van der Waals surface area (Å²) in [5.74, 6) is 0. The lowest BCUT2D eigenvalue weighted by Crippen LogP contribution is -1.97. The maximum atomic E-state index is 6.68. The molecule has 110 valence electrons. The summed E-state index contributed by atoms with van der Waals surface area (Å²) in [5, 5.41) is 0.901. The average Bonchev–Trinajstić information content (AvgIpc) is 2.54. The van der Waals surface area contributed by atoms with Gasteiger partial charge in [-0.05, 0) is 42.0 Å². The SMILES string of the molecule is Cc1cc(Cc2ccccc2)c(Cl)c(Cc2ccccc2)c1. The van der Waals surface area contributed by atoms with Crippen LogP contribution in [0.2, 0.25) is 5.02 Å². The minimum Gasteiger partial charge on any atom is -0.0837 e. The van der Waals surface area contributed by atoms with Crippen LogP contribution >= 0.6 is 11.6 Å². The molecule has 0 atom stereocenters. The Morgan fingerprint density at radius 2 is 1.09 bits per heavy atom. The number of halogens is 1. The highest BCUT2D eigenvalue weighted by Crippen LogP contribution is 2.27. The molecule has 3 rings (SSSR count). The highest BCUT2D eigenvalue weighted by molar-refractivity contribution is 6.32. The molecule has 0 nitrogen and oxygen atoms in total. The molecule has 0 aromatic heterocycles. The molecule has 0 bridgehead atoms. The van der Waals surface area contributed by atoms with Gasteiger partial charge in [0.2, 0.25) is 0 Å². The van der Waals surface area contributed by atoms with Crippen LogP contribution in [-0.4, -0.2) is 0 Å². The van der Waals surface area contributed by atoms with E-state index in [1.807, 2.05) is 12.1 Å². The number of benzene rings is 3. The van der Waals surface area contributed by atoms with E-state index in [1.165, 1.54) is 27.8 Å². The van der Waals surface area contributed by atoms with Gasteiger partial charge in [-0.25, -0.2) is 0 Å². The Kier molecular flexibility index (Phi) is 4.60. The molecule has 0 aliphatic rings. The standard InChI is InChI=1S/C21H19Cl/c1-16-12-19(14-17-8-4-2-5-9-17)21(22)20(13-16)15-18-10-6-3-7-11-18/h2-13H,14-15H2,1H3. The largest absolute Gasteiger partial charge is 0.0837 e. The van der Waals surface area contributed by atoms with Gasteiger partial charge in [-0.3, -0.25) is 0 Å². The molecule has 0 N–H and O–H groups in total. The van der Waals surface area contributed by atoms with Gasteiger partial charge in [-0.15, -0.1) is 0 Å². The van der Waals surface area contributed by atoms with Crippen LogP contribution in [0.5, 0.6) is 0 Å². The maximum Gasteiger partial charge on any atom is 0.0476 e. The minimum atomic E-state index is 0.878. The highest BCUT2D eigenvalue weighted by atomic mass is 35.5. The van der Waals surface area contributed by atoms with Crippen molar-refractivity contribution < 1.29 is 0 Å². The predicted octanol–water partition coefficient (Wildman–Crippen LogP) is 5.83. The molecule has 0 unspecified atom stereocenters. The Balaban J connectivity index is 1.92. The molecular weight excluding hydrogens is 288 g/mol. The Bertz CT molecular complexity index is 683. The van der Waals surface area contributed by atoms with Crippen LogP contribution in [0.15, 0.2) is 72.8 Å². The van der Waals surface area contributed by atoms with Crippen LogP contribution in [0.4, 0.5) is 0 Å². The zero-order chi connectivity index (χ0) is 15.4. The van der Waals surface area contributed by atoms with Crippen molar-refractivity contribution in [3.63, 3.8) is 0 Å². The van der Waals surface area contributed by atoms with Gasteiger partial charge in [0.15, 0.2) is 0 Å². The Morgan fingerprint density at radius 1 is 0.682 bits per heavy atom. The van der Waals surface area contributed by atoms with Gasteiger partial charge < -0.3 is 0 Å². The Hall–Kier alpha value is -2.05. The predicted molar refractivity (Wildman–Crippen MR) is 94.7 cm³/mol. The van der Waals surface area contributed by atoms with Crippen LogP contribution < -0.4 is 0 Å². The quantitative estimate of drug-likeness (QED) is 0.569. The summed E-state index contributed by atoms with van der Waals surface area (Å²) < 4.78 is 0. The maximum absolute atomic E-state index is 6.68. The average molecular weight is 307 g/mol. The first-order chi connectivity index (χ1) is 10.7. The molecule has 3 aromatic rings. The van der Waals surface area contributed by atoms with E-state index in [4.69, 9.17) is 11.6 Å². The number of hydrogen-bond donors (Lipinski definition) is 0. The van der Waals surface area contributed by atoms with Crippen molar-refractivity contribution in [1.82, 2.24) is 0 Å². The van der Waals surface area contributed by atoms with E-state index in [0.717, 1.165) is 17.9 Å². The molecule has 0 saturated carbocycles. The summed E-state index contributed by atoms with van der Waals surface area (Å²) in [4.78, 5) is 0. The highest BCUT2D eigenvalue weighted by Gasteiger charge is 2.09. The van der Waals surface area contributed by atoms with Gasteiger partial charge in [0.1, 0.15) is 0 Å². The van der Waals surface area contributed by atoms with Gasteiger partial charge >= 0.3 is 0 Å². The van der Waals surface area contributed by atoms with Gasteiger partial charge in [-0.2, -0.15) is 0 Å². The lowest BCUT2D eigenvalue weighted by molar-refractivity contribution is 1.12. The van der Waals surface area contributed by atoms with Crippen LogP contribution in [0.25, 0.3) is 0 Å². The molecule has 0 saturated heterocycles. The summed E-state index contributed by atoms with van der Waals surface area (Å²) in [6.07, 6.45) is 1.76. The van der Waals surface area contributed by atoms with E-state index >= 15 is 0 Å². The number of aryl methyl sites for hydroxylation is 1. The Morgan fingerprint density at radius 3 is 1.50 bits per heavy atom. The molecular formula is C21H19Cl. The van der Waals surface area contributed by atoms with Gasteiger partial charge in [0.05, 0.1) is 0 Å². The topological polar surface area (TPSA) is 0 Å². The summed E-state index contributed by atoms with van der Waals surface area (Å²) in [7, 11) is 0. The molecule has 0 aliphatic heterocycles. The molecule has 0 fully saturated rings. The van der Waals surface area contributed by atoms with Crippen LogP contribution in [0.3, 0.4) is 0 Å². The van der Waals surface area contributed by atoms with Crippen LogP contribution in [0.1, 0.15) is 27.8 Å². The first-order valence-corrected chi connectivity index (χ1v) is 7.96. The number of rotatable bonds is 4. The van der Waals surface area contributed by atoms with Crippen LogP contribution in [0, 0.1) is 6.92 Å². The second kappa shape index (κ2) is 6.81. The first-order valence-electron chi connectivity index (χ1n) is 7.58.